The number of aromatic nitrogens is 3. The molecule has 1 atom stereocenters. The van der Waals surface area contributed by atoms with Gasteiger partial charge in [-0.3, -0.25) is 4.68 Å². The topological polar surface area (TPSA) is 80.0 Å². The zero-order chi connectivity index (χ0) is 14.4. The van der Waals surface area contributed by atoms with E-state index in [4.69, 9.17) is 5.11 Å². The average Bonchev–Trinajstić information content (AvgIpc) is 3.09. The third-order valence-electron chi connectivity index (χ3n) is 2.95. The Morgan fingerprint density at radius 1 is 1.60 bits per heavy atom. The van der Waals surface area contributed by atoms with Gasteiger partial charge in [-0.15, -0.1) is 16.4 Å². The van der Waals surface area contributed by atoms with Gasteiger partial charge >= 0.3 is 5.97 Å². The molecule has 2 N–H and O–H groups in total. The van der Waals surface area contributed by atoms with Gasteiger partial charge in [0.25, 0.3) is 0 Å². The normalized spacial score (nSPS) is 12.4. The van der Waals surface area contributed by atoms with Crippen LogP contribution in [0.4, 0.5) is 0 Å². The molecule has 0 bridgehead atoms. The van der Waals surface area contributed by atoms with Crippen LogP contribution in [0.3, 0.4) is 0 Å². The predicted molar refractivity (Wildman–Crippen MR) is 77.0 cm³/mol. The SMILES string of the molecule is CCCC(NCCn1cc(C(=O)O)nn1)c1cccs1. The summed E-state index contributed by atoms with van der Waals surface area (Å²) in [7, 11) is 0. The van der Waals surface area contributed by atoms with E-state index in [9.17, 15) is 4.79 Å². The van der Waals surface area contributed by atoms with Crippen LogP contribution in [0.1, 0.15) is 41.2 Å². The minimum atomic E-state index is -1.05. The lowest BCUT2D eigenvalue weighted by Gasteiger charge is -2.16. The van der Waals surface area contributed by atoms with Crippen molar-refractivity contribution in [3.8, 4) is 0 Å². The molecule has 0 saturated carbocycles. The number of carboxylic acid groups (broad SMARTS) is 1. The van der Waals surface area contributed by atoms with Gasteiger partial charge in [-0.25, -0.2) is 4.79 Å². The number of carbonyl (C=O) groups is 1. The first kappa shape index (κ1) is 14.7. The smallest absolute Gasteiger partial charge is 0.358 e. The third-order valence-corrected chi connectivity index (χ3v) is 3.94. The summed E-state index contributed by atoms with van der Waals surface area (Å²) in [5.74, 6) is -1.05. The van der Waals surface area contributed by atoms with E-state index >= 15 is 0 Å². The Morgan fingerprint density at radius 3 is 3.05 bits per heavy atom. The van der Waals surface area contributed by atoms with Crippen LogP contribution in [-0.4, -0.2) is 32.6 Å². The van der Waals surface area contributed by atoms with E-state index in [-0.39, 0.29) is 5.69 Å². The molecular formula is C13H18N4O2S. The van der Waals surface area contributed by atoms with Gasteiger partial charge in [0, 0.05) is 17.5 Å². The lowest BCUT2D eigenvalue weighted by Crippen LogP contribution is -2.25. The van der Waals surface area contributed by atoms with Crippen LogP contribution in [0.5, 0.6) is 0 Å². The molecule has 0 aromatic carbocycles. The van der Waals surface area contributed by atoms with Crippen LogP contribution in [0.2, 0.25) is 0 Å². The third kappa shape index (κ3) is 3.88. The van der Waals surface area contributed by atoms with E-state index in [2.05, 4.69) is 40.1 Å². The first-order chi connectivity index (χ1) is 9.70. The maximum absolute atomic E-state index is 10.7. The molecule has 0 aliphatic heterocycles. The van der Waals surface area contributed by atoms with Crippen molar-refractivity contribution in [2.24, 2.45) is 0 Å². The molecule has 2 heterocycles. The zero-order valence-corrected chi connectivity index (χ0v) is 12.1. The maximum Gasteiger partial charge on any atom is 0.358 e. The molecule has 7 heteroatoms. The summed E-state index contributed by atoms with van der Waals surface area (Å²) < 4.78 is 1.55. The highest BCUT2D eigenvalue weighted by Gasteiger charge is 2.11. The summed E-state index contributed by atoms with van der Waals surface area (Å²) in [6.45, 7) is 3.50. The highest BCUT2D eigenvalue weighted by molar-refractivity contribution is 7.10. The van der Waals surface area contributed by atoms with Crippen molar-refractivity contribution in [1.82, 2.24) is 20.3 Å². The van der Waals surface area contributed by atoms with Crippen molar-refractivity contribution < 1.29 is 9.90 Å². The minimum absolute atomic E-state index is 0.0200. The number of nitrogens with zero attached hydrogens (tertiary/aromatic N) is 3. The molecule has 0 aliphatic carbocycles. The second-order valence-electron chi connectivity index (χ2n) is 4.48. The van der Waals surface area contributed by atoms with E-state index in [1.54, 1.807) is 16.0 Å². The average molecular weight is 294 g/mol. The van der Waals surface area contributed by atoms with Crippen molar-refractivity contribution in [2.45, 2.75) is 32.4 Å². The number of carboxylic acids is 1. The van der Waals surface area contributed by atoms with Crippen LogP contribution in [0, 0.1) is 0 Å². The van der Waals surface area contributed by atoms with E-state index in [0.29, 0.717) is 12.6 Å². The van der Waals surface area contributed by atoms with Gasteiger partial charge in [-0.1, -0.05) is 24.6 Å². The summed E-state index contributed by atoms with van der Waals surface area (Å²) in [5.41, 5.74) is -0.0200. The Morgan fingerprint density at radius 2 is 2.45 bits per heavy atom. The lowest BCUT2D eigenvalue weighted by atomic mass is 10.1. The minimum Gasteiger partial charge on any atom is -0.476 e. The van der Waals surface area contributed by atoms with Gasteiger partial charge in [-0.2, -0.15) is 0 Å². The number of thiophene rings is 1. The molecule has 6 nitrogen and oxygen atoms in total. The maximum atomic E-state index is 10.7. The molecule has 0 spiro atoms. The highest BCUT2D eigenvalue weighted by Crippen LogP contribution is 2.22. The van der Waals surface area contributed by atoms with E-state index in [0.717, 1.165) is 19.4 Å². The first-order valence-corrected chi connectivity index (χ1v) is 7.49. The number of aromatic carboxylic acids is 1. The Hall–Kier alpha value is -1.73. The molecule has 2 aromatic rings. The van der Waals surface area contributed by atoms with Crippen LogP contribution in [0.25, 0.3) is 0 Å². The molecule has 2 aromatic heterocycles. The van der Waals surface area contributed by atoms with Gasteiger partial charge < -0.3 is 10.4 Å². The Bertz CT molecular complexity index is 538. The van der Waals surface area contributed by atoms with Crippen molar-refractivity contribution >= 4 is 17.3 Å². The lowest BCUT2D eigenvalue weighted by molar-refractivity contribution is 0.0690. The standard InChI is InChI=1S/C13H18N4O2S/c1-2-4-10(12-5-3-8-20-12)14-6-7-17-9-11(13(18)19)15-16-17/h3,5,8-10,14H,2,4,6-7H2,1H3,(H,18,19). The zero-order valence-electron chi connectivity index (χ0n) is 11.3. The van der Waals surface area contributed by atoms with Gasteiger partial charge in [0.1, 0.15) is 0 Å². The molecule has 0 fully saturated rings. The second-order valence-corrected chi connectivity index (χ2v) is 5.46. The fourth-order valence-electron chi connectivity index (χ4n) is 1.98. The van der Waals surface area contributed by atoms with E-state index in [1.165, 1.54) is 11.1 Å². The number of hydrogen-bond donors (Lipinski definition) is 2. The first-order valence-electron chi connectivity index (χ1n) is 6.61. The largest absolute Gasteiger partial charge is 0.476 e. The van der Waals surface area contributed by atoms with Gasteiger partial charge in [0.05, 0.1) is 12.7 Å². The molecule has 0 radical (unpaired) electrons. The van der Waals surface area contributed by atoms with Crippen LogP contribution in [-0.2, 0) is 6.54 Å². The molecule has 0 amide bonds. The summed E-state index contributed by atoms with van der Waals surface area (Å²) in [6, 6.07) is 4.54. The highest BCUT2D eigenvalue weighted by atomic mass is 32.1. The molecule has 0 aliphatic rings. The van der Waals surface area contributed by atoms with Gasteiger partial charge in [0.15, 0.2) is 5.69 Å². The van der Waals surface area contributed by atoms with Crippen molar-refractivity contribution in [1.29, 1.82) is 0 Å². The monoisotopic (exact) mass is 294 g/mol. The van der Waals surface area contributed by atoms with Crippen LogP contribution < -0.4 is 5.32 Å². The van der Waals surface area contributed by atoms with Crippen molar-refractivity contribution in [2.75, 3.05) is 6.54 Å². The van der Waals surface area contributed by atoms with Crippen molar-refractivity contribution in [3.63, 3.8) is 0 Å². The van der Waals surface area contributed by atoms with Gasteiger partial charge in [-0.05, 0) is 17.9 Å². The van der Waals surface area contributed by atoms with E-state index < -0.39 is 5.97 Å². The Labute approximate surface area is 121 Å². The molecule has 0 saturated heterocycles. The molecular weight excluding hydrogens is 276 g/mol. The fourth-order valence-corrected chi connectivity index (χ4v) is 2.82. The van der Waals surface area contributed by atoms with E-state index in [1.807, 2.05) is 0 Å². The summed E-state index contributed by atoms with van der Waals surface area (Å²) in [6.07, 6.45) is 3.64. The Kier molecular flexibility index (Phi) is 5.25. The second kappa shape index (κ2) is 7.16. The predicted octanol–water partition coefficient (Wildman–Crippen LogP) is 2.17. The van der Waals surface area contributed by atoms with Gasteiger partial charge in [0.2, 0.25) is 0 Å². The van der Waals surface area contributed by atoms with Crippen LogP contribution >= 0.6 is 11.3 Å². The summed E-state index contributed by atoms with van der Waals surface area (Å²) >= 11 is 1.75. The number of rotatable bonds is 8. The molecule has 20 heavy (non-hydrogen) atoms. The molecule has 2 rings (SSSR count). The molecule has 1 unspecified atom stereocenters. The summed E-state index contributed by atoms with van der Waals surface area (Å²) in [5, 5.41) is 21.7. The number of hydrogen-bond acceptors (Lipinski definition) is 5. The molecule has 108 valence electrons. The summed E-state index contributed by atoms with van der Waals surface area (Å²) in [4.78, 5) is 12.0. The van der Waals surface area contributed by atoms with Crippen LogP contribution in [0.15, 0.2) is 23.7 Å². The number of nitrogens with one attached hydrogen (secondary N) is 1. The van der Waals surface area contributed by atoms with Crippen molar-refractivity contribution in [3.05, 3.63) is 34.3 Å². The quantitative estimate of drug-likeness (QED) is 0.780. The fraction of sp³-hybridized carbons (Fsp3) is 0.462. The Balaban J connectivity index is 1.85.